The molecule has 0 fully saturated rings. The Hall–Kier alpha value is -2.56. The molecule has 0 aliphatic rings. The van der Waals surface area contributed by atoms with Crippen molar-refractivity contribution >= 4 is 5.91 Å². The van der Waals surface area contributed by atoms with E-state index in [-0.39, 0.29) is 11.7 Å². The topological polar surface area (TPSA) is 38.8 Å². The molecule has 128 valence electrons. The third kappa shape index (κ3) is 4.25. The molecule has 0 bridgehead atoms. The SMILES string of the molecule is CCOc1cc(C(=O)N(CC)Cc2cccc(F)c2)ccc1OC. The number of carbonyl (C=O) groups excluding carboxylic acids is 1. The predicted octanol–water partition coefficient (Wildman–Crippen LogP) is 3.90. The number of ether oxygens (including phenoxy) is 2. The molecule has 0 aromatic heterocycles. The van der Waals surface area contributed by atoms with Gasteiger partial charge in [-0.15, -0.1) is 0 Å². The van der Waals surface area contributed by atoms with Crippen molar-refractivity contribution in [2.24, 2.45) is 0 Å². The molecule has 0 heterocycles. The molecule has 0 saturated carbocycles. The summed E-state index contributed by atoms with van der Waals surface area (Å²) in [7, 11) is 1.56. The van der Waals surface area contributed by atoms with E-state index < -0.39 is 0 Å². The molecule has 2 rings (SSSR count). The molecule has 0 aliphatic carbocycles. The average molecular weight is 331 g/mol. The lowest BCUT2D eigenvalue weighted by Crippen LogP contribution is -2.30. The molecular weight excluding hydrogens is 309 g/mol. The standard InChI is InChI=1S/C19H22FNO3/c1-4-21(13-14-7-6-8-16(20)11-14)19(22)15-9-10-17(23-3)18(12-15)24-5-2/h6-12H,4-5,13H2,1-3H3. The molecular formula is C19H22FNO3. The van der Waals surface area contributed by atoms with E-state index in [0.29, 0.717) is 36.8 Å². The van der Waals surface area contributed by atoms with Crippen molar-refractivity contribution < 1.29 is 18.7 Å². The number of rotatable bonds is 7. The molecule has 0 aliphatic heterocycles. The van der Waals surface area contributed by atoms with Gasteiger partial charge in [0.25, 0.3) is 5.91 Å². The fourth-order valence-electron chi connectivity index (χ4n) is 2.44. The maximum Gasteiger partial charge on any atom is 0.254 e. The molecule has 0 atom stereocenters. The highest BCUT2D eigenvalue weighted by molar-refractivity contribution is 5.94. The zero-order valence-corrected chi connectivity index (χ0v) is 14.2. The van der Waals surface area contributed by atoms with Crippen LogP contribution in [0.5, 0.6) is 11.5 Å². The van der Waals surface area contributed by atoms with Gasteiger partial charge in [-0.3, -0.25) is 4.79 Å². The molecule has 0 spiro atoms. The van der Waals surface area contributed by atoms with Crippen LogP contribution in [0.4, 0.5) is 4.39 Å². The molecule has 0 radical (unpaired) electrons. The van der Waals surface area contributed by atoms with E-state index >= 15 is 0 Å². The molecule has 2 aromatic carbocycles. The minimum Gasteiger partial charge on any atom is -0.493 e. The minimum atomic E-state index is -0.306. The highest BCUT2D eigenvalue weighted by atomic mass is 19.1. The molecule has 24 heavy (non-hydrogen) atoms. The van der Waals surface area contributed by atoms with Crippen molar-refractivity contribution in [3.05, 3.63) is 59.4 Å². The molecule has 2 aromatic rings. The molecule has 1 amide bonds. The van der Waals surface area contributed by atoms with E-state index in [4.69, 9.17) is 9.47 Å². The first kappa shape index (κ1) is 17.8. The Kier molecular flexibility index (Phi) is 6.18. The second-order valence-electron chi connectivity index (χ2n) is 5.25. The second kappa shape index (κ2) is 8.34. The highest BCUT2D eigenvalue weighted by Gasteiger charge is 2.17. The van der Waals surface area contributed by atoms with Gasteiger partial charge in [0.15, 0.2) is 11.5 Å². The fraction of sp³-hybridized carbons (Fsp3) is 0.316. The molecule has 0 N–H and O–H groups in total. The van der Waals surface area contributed by atoms with Gasteiger partial charge in [-0.25, -0.2) is 4.39 Å². The van der Waals surface area contributed by atoms with Gasteiger partial charge in [-0.05, 0) is 49.7 Å². The Labute approximate surface area is 141 Å². The summed E-state index contributed by atoms with van der Waals surface area (Å²) in [5, 5.41) is 0. The molecule has 5 heteroatoms. The largest absolute Gasteiger partial charge is 0.493 e. The van der Waals surface area contributed by atoms with Crippen molar-refractivity contribution in [2.75, 3.05) is 20.3 Å². The zero-order valence-electron chi connectivity index (χ0n) is 14.2. The number of carbonyl (C=O) groups is 1. The van der Waals surface area contributed by atoms with Crippen LogP contribution < -0.4 is 9.47 Å². The van der Waals surface area contributed by atoms with Gasteiger partial charge in [-0.2, -0.15) is 0 Å². The van der Waals surface area contributed by atoms with Crippen LogP contribution in [0.25, 0.3) is 0 Å². The van der Waals surface area contributed by atoms with Crippen molar-refractivity contribution in [3.63, 3.8) is 0 Å². The summed E-state index contributed by atoms with van der Waals surface area (Å²) in [5.41, 5.74) is 1.27. The van der Waals surface area contributed by atoms with Crippen LogP contribution in [-0.4, -0.2) is 31.1 Å². The molecule has 0 unspecified atom stereocenters. The number of nitrogens with zero attached hydrogens (tertiary/aromatic N) is 1. The number of hydrogen-bond acceptors (Lipinski definition) is 3. The maximum atomic E-state index is 13.3. The Morgan fingerprint density at radius 3 is 2.54 bits per heavy atom. The summed E-state index contributed by atoms with van der Waals surface area (Å²) < 4.78 is 24.1. The minimum absolute atomic E-state index is 0.134. The fourth-order valence-corrected chi connectivity index (χ4v) is 2.44. The Bertz CT molecular complexity index is 703. The van der Waals surface area contributed by atoms with Gasteiger partial charge >= 0.3 is 0 Å². The maximum absolute atomic E-state index is 13.3. The Balaban J connectivity index is 2.23. The van der Waals surface area contributed by atoms with E-state index in [0.717, 1.165) is 5.56 Å². The zero-order chi connectivity index (χ0) is 17.5. The van der Waals surface area contributed by atoms with Crippen LogP contribution in [0.15, 0.2) is 42.5 Å². The van der Waals surface area contributed by atoms with Gasteiger partial charge in [-0.1, -0.05) is 12.1 Å². The van der Waals surface area contributed by atoms with Crippen LogP contribution in [-0.2, 0) is 6.54 Å². The van der Waals surface area contributed by atoms with Crippen molar-refractivity contribution in [1.29, 1.82) is 0 Å². The van der Waals surface area contributed by atoms with Crippen LogP contribution in [0.1, 0.15) is 29.8 Å². The van der Waals surface area contributed by atoms with Crippen LogP contribution >= 0.6 is 0 Å². The number of halogens is 1. The first-order valence-corrected chi connectivity index (χ1v) is 7.93. The first-order valence-electron chi connectivity index (χ1n) is 7.93. The van der Waals surface area contributed by atoms with Gasteiger partial charge in [0, 0.05) is 18.7 Å². The Morgan fingerprint density at radius 2 is 1.92 bits per heavy atom. The van der Waals surface area contributed by atoms with E-state index in [1.165, 1.54) is 12.1 Å². The molecule has 0 saturated heterocycles. The monoisotopic (exact) mass is 331 g/mol. The summed E-state index contributed by atoms with van der Waals surface area (Å²) in [4.78, 5) is 14.4. The quantitative estimate of drug-likeness (QED) is 0.772. The van der Waals surface area contributed by atoms with E-state index in [2.05, 4.69) is 0 Å². The summed E-state index contributed by atoms with van der Waals surface area (Å²) in [5.74, 6) is 0.679. The van der Waals surface area contributed by atoms with E-state index in [1.807, 2.05) is 13.8 Å². The molecule has 4 nitrogen and oxygen atoms in total. The highest BCUT2D eigenvalue weighted by Crippen LogP contribution is 2.28. The van der Waals surface area contributed by atoms with E-state index in [1.54, 1.807) is 42.3 Å². The van der Waals surface area contributed by atoms with Crippen LogP contribution in [0, 0.1) is 5.82 Å². The Morgan fingerprint density at radius 1 is 1.12 bits per heavy atom. The summed E-state index contributed by atoms with van der Waals surface area (Å²) in [6.45, 7) is 5.11. The van der Waals surface area contributed by atoms with Gasteiger partial charge in [0.1, 0.15) is 5.82 Å². The number of benzene rings is 2. The third-order valence-corrected chi connectivity index (χ3v) is 3.64. The van der Waals surface area contributed by atoms with Crippen LogP contribution in [0.3, 0.4) is 0 Å². The summed E-state index contributed by atoms with van der Waals surface area (Å²) >= 11 is 0. The normalized spacial score (nSPS) is 10.3. The van der Waals surface area contributed by atoms with Gasteiger partial charge in [0.05, 0.1) is 13.7 Å². The number of hydrogen-bond donors (Lipinski definition) is 0. The smallest absolute Gasteiger partial charge is 0.254 e. The summed E-state index contributed by atoms with van der Waals surface area (Å²) in [6.07, 6.45) is 0. The third-order valence-electron chi connectivity index (χ3n) is 3.64. The van der Waals surface area contributed by atoms with Gasteiger partial charge in [0.2, 0.25) is 0 Å². The lowest BCUT2D eigenvalue weighted by atomic mass is 10.1. The van der Waals surface area contributed by atoms with Crippen molar-refractivity contribution in [1.82, 2.24) is 4.90 Å². The summed E-state index contributed by atoms with van der Waals surface area (Å²) in [6, 6.07) is 11.4. The number of methoxy groups -OCH3 is 1. The second-order valence-corrected chi connectivity index (χ2v) is 5.25. The lowest BCUT2D eigenvalue weighted by Gasteiger charge is -2.22. The predicted molar refractivity (Wildman–Crippen MR) is 91.0 cm³/mol. The first-order chi connectivity index (χ1) is 11.6. The van der Waals surface area contributed by atoms with E-state index in [9.17, 15) is 9.18 Å². The van der Waals surface area contributed by atoms with Crippen molar-refractivity contribution in [3.8, 4) is 11.5 Å². The number of amides is 1. The van der Waals surface area contributed by atoms with Gasteiger partial charge < -0.3 is 14.4 Å². The van der Waals surface area contributed by atoms with Crippen LogP contribution in [0.2, 0.25) is 0 Å². The average Bonchev–Trinajstić information content (AvgIpc) is 2.59. The lowest BCUT2D eigenvalue weighted by molar-refractivity contribution is 0.0752. The van der Waals surface area contributed by atoms with Crippen molar-refractivity contribution in [2.45, 2.75) is 20.4 Å².